The Bertz CT molecular complexity index is 297. The number of rotatable bonds is 3. The molecule has 0 unspecified atom stereocenters. The van der Waals surface area contributed by atoms with Gasteiger partial charge in [0.05, 0.1) is 0 Å². The van der Waals surface area contributed by atoms with E-state index in [2.05, 4.69) is 69.6 Å². The van der Waals surface area contributed by atoms with E-state index >= 15 is 0 Å². The number of thiol groups is 1. The molecule has 0 N–H and O–H groups in total. The predicted octanol–water partition coefficient (Wildman–Crippen LogP) is 3.35. The Kier molecular flexibility index (Phi) is 4.09. The first kappa shape index (κ1) is 12.4. The number of hydrogen-bond donors (Lipinski definition) is 1. The largest absolute Gasteiger partial charge is 0.374 e. The minimum Gasteiger partial charge on any atom is -0.374 e. The molecule has 0 fully saturated rings. The van der Waals surface area contributed by atoms with Crippen molar-refractivity contribution < 1.29 is 0 Å². The average molecular weight is 223 g/mol. The van der Waals surface area contributed by atoms with Gasteiger partial charge in [-0.25, -0.2) is 0 Å². The molecule has 0 saturated heterocycles. The van der Waals surface area contributed by atoms with Gasteiger partial charge in [-0.2, -0.15) is 12.6 Å². The van der Waals surface area contributed by atoms with Crippen molar-refractivity contribution in [2.45, 2.75) is 26.2 Å². The summed E-state index contributed by atoms with van der Waals surface area (Å²) >= 11 is 4.23. The Hall–Kier alpha value is -0.630. The van der Waals surface area contributed by atoms with Gasteiger partial charge in [0, 0.05) is 25.0 Å². The van der Waals surface area contributed by atoms with Crippen molar-refractivity contribution in [2.75, 3.05) is 24.2 Å². The summed E-state index contributed by atoms with van der Waals surface area (Å²) in [5.41, 5.74) is 2.88. The molecule has 15 heavy (non-hydrogen) atoms. The Morgan fingerprint density at radius 3 is 2.07 bits per heavy atom. The first-order valence-electron chi connectivity index (χ1n) is 5.37. The summed E-state index contributed by atoms with van der Waals surface area (Å²) in [6.07, 6.45) is 0. The molecule has 2 heteroatoms. The van der Waals surface area contributed by atoms with Gasteiger partial charge in [0.15, 0.2) is 0 Å². The fourth-order valence-corrected chi connectivity index (χ4v) is 1.80. The van der Waals surface area contributed by atoms with Gasteiger partial charge in [-0.15, -0.1) is 0 Å². The lowest BCUT2D eigenvalue weighted by Gasteiger charge is -2.22. The number of nitrogens with zero attached hydrogens (tertiary/aromatic N) is 1. The maximum Gasteiger partial charge on any atom is 0.0364 e. The molecule has 0 radical (unpaired) electrons. The van der Waals surface area contributed by atoms with E-state index in [1.54, 1.807) is 0 Å². The minimum atomic E-state index is 0.237. The van der Waals surface area contributed by atoms with Crippen molar-refractivity contribution in [1.82, 2.24) is 0 Å². The van der Waals surface area contributed by atoms with Gasteiger partial charge in [-0.3, -0.25) is 0 Å². The zero-order valence-corrected chi connectivity index (χ0v) is 11.0. The van der Waals surface area contributed by atoms with E-state index in [0.717, 1.165) is 12.3 Å². The lowest BCUT2D eigenvalue weighted by atomic mass is 9.87. The van der Waals surface area contributed by atoms with E-state index < -0.39 is 0 Å². The summed E-state index contributed by atoms with van der Waals surface area (Å²) in [5.74, 6) is 0.886. The van der Waals surface area contributed by atoms with Crippen LogP contribution in [0.2, 0.25) is 0 Å². The number of hydrogen-bond acceptors (Lipinski definition) is 2. The third-order valence-electron chi connectivity index (χ3n) is 2.61. The molecule has 1 aromatic rings. The second-order valence-corrected chi connectivity index (χ2v) is 5.39. The van der Waals surface area contributed by atoms with Crippen molar-refractivity contribution in [2.24, 2.45) is 0 Å². The molecule has 84 valence electrons. The fourth-order valence-electron chi connectivity index (χ4n) is 1.50. The Balaban J connectivity index is 2.81. The van der Waals surface area contributed by atoms with Crippen molar-refractivity contribution in [3.8, 4) is 0 Å². The highest BCUT2D eigenvalue weighted by Crippen LogP contribution is 2.24. The molecule has 0 amide bonds. The van der Waals surface area contributed by atoms with Crippen molar-refractivity contribution in [3.63, 3.8) is 0 Å². The van der Waals surface area contributed by atoms with Gasteiger partial charge in [-0.1, -0.05) is 32.9 Å². The van der Waals surface area contributed by atoms with Crippen LogP contribution in [0.15, 0.2) is 24.3 Å². The molecule has 1 rings (SSSR count). The number of anilines is 1. The van der Waals surface area contributed by atoms with E-state index in [4.69, 9.17) is 0 Å². The zero-order valence-electron chi connectivity index (χ0n) is 10.1. The second-order valence-electron chi connectivity index (χ2n) is 4.94. The highest BCUT2D eigenvalue weighted by molar-refractivity contribution is 7.80. The standard InChI is InChI=1S/C13H21NS/c1-13(2,3)11-5-7-12(8-6-11)14(4)9-10-15/h5-8,15H,9-10H2,1-4H3. The lowest BCUT2D eigenvalue weighted by molar-refractivity contribution is 0.590. The summed E-state index contributed by atoms with van der Waals surface area (Å²) in [4.78, 5) is 2.22. The second kappa shape index (κ2) is 4.93. The molecule has 0 bridgehead atoms. The van der Waals surface area contributed by atoms with E-state index in [9.17, 15) is 0 Å². The molecule has 0 aliphatic carbocycles. The fraction of sp³-hybridized carbons (Fsp3) is 0.538. The van der Waals surface area contributed by atoms with Crippen molar-refractivity contribution in [1.29, 1.82) is 0 Å². The Morgan fingerprint density at radius 1 is 1.13 bits per heavy atom. The average Bonchev–Trinajstić information content (AvgIpc) is 2.17. The van der Waals surface area contributed by atoms with E-state index in [1.165, 1.54) is 11.3 Å². The normalized spacial score (nSPS) is 11.5. The third kappa shape index (κ3) is 3.45. The molecule has 0 saturated carbocycles. The molecule has 0 aliphatic heterocycles. The molecule has 0 spiro atoms. The van der Waals surface area contributed by atoms with Crippen LogP contribution in [0.5, 0.6) is 0 Å². The first-order chi connectivity index (χ1) is 6.95. The molecule has 0 atom stereocenters. The van der Waals surface area contributed by atoms with E-state index in [1.807, 2.05) is 0 Å². The topological polar surface area (TPSA) is 3.24 Å². The number of benzene rings is 1. The van der Waals surface area contributed by atoms with Gasteiger partial charge in [0.2, 0.25) is 0 Å². The monoisotopic (exact) mass is 223 g/mol. The third-order valence-corrected chi connectivity index (χ3v) is 2.81. The Morgan fingerprint density at radius 2 is 1.67 bits per heavy atom. The van der Waals surface area contributed by atoms with Crippen LogP contribution in [0.25, 0.3) is 0 Å². The van der Waals surface area contributed by atoms with Gasteiger partial charge in [0.25, 0.3) is 0 Å². The predicted molar refractivity (Wildman–Crippen MR) is 72.3 cm³/mol. The smallest absolute Gasteiger partial charge is 0.0364 e. The summed E-state index contributed by atoms with van der Waals surface area (Å²) in [6, 6.07) is 8.79. The quantitative estimate of drug-likeness (QED) is 0.769. The highest BCUT2D eigenvalue weighted by Gasteiger charge is 2.13. The lowest BCUT2D eigenvalue weighted by Crippen LogP contribution is -2.19. The van der Waals surface area contributed by atoms with E-state index in [-0.39, 0.29) is 5.41 Å². The molecule has 0 heterocycles. The van der Waals surface area contributed by atoms with Crippen LogP contribution in [0.1, 0.15) is 26.3 Å². The van der Waals surface area contributed by atoms with Crippen LogP contribution < -0.4 is 4.90 Å². The maximum absolute atomic E-state index is 4.23. The van der Waals surface area contributed by atoms with E-state index in [0.29, 0.717) is 0 Å². The van der Waals surface area contributed by atoms with Crippen LogP contribution >= 0.6 is 12.6 Å². The highest BCUT2D eigenvalue weighted by atomic mass is 32.1. The van der Waals surface area contributed by atoms with Gasteiger partial charge < -0.3 is 4.90 Å². The molecule has 0 aromatic heterocycles. The van der Waals surface area contributed by atoms with Crippen molar-refractivity contribution in [3.05, 3.63) is 29.8 Å². The summed E-state index contributed by atoms with van der Waals surface area (Å²) < 4.78 is 0. The molecule has 1 nitrogen and oxygen atoms in total. The van der Waals surface area contributed by atoms with Crippen LogP contribution in [0, 0.1) is 0 Å². The first-order valence-corrected chi connectivity index (χ1v) is 6.01. The zero-order chi connectivity index (χ0) is 11.5. The summed E-state index contributed by atoms with van der Waals surface area (Å²) in [7, 11) is 2.10. The van der Waals surface area contributed by atoms with Crippen LogP contribution in [-0.2, 0) is 5.41 Å². The Labute approximate surface area is 98.9 Å². The van der Waals surface area contributed by atoms with Gasteiger partial charge in [-0.05, 0) is 23.1 Å². The SMILES string of the molecule is CN(CCS)c1ccc(C(C)(C)C)cc1. The van der Waals surface area contributed by atoms with Crippen LogP contribution in [-0.4, -0.2) is 19.3 Å². The molecule has 1 aromatic carbocycles. The molecular weight excluding hydrogens is 202 g/mol. The minimum absolute atomic E-state index is 0.237. The van der Waals surface area contributed by atoms with Gasteiger partial charge in [0.1, 0.15) is 0 Å². The van der Waals surface area contributed by atoms with Crippen molar-refractivity contribution >= 4 is 18.3 Å². The molecular formula is C13H21NS. The van der Waals surface area contributed by atoms with Crippen LogP contribution in [0.3, 0.4) is 0 Å². The summed E-state index contributed by atoms with van der Waals surface area (Å²) in [6.45, 7) is 7.69. The summed E-state index contributed by atoms with van der Waals surface area (Å²) in [5, 5.41) is 0. The maximum atomic E-state index is 4.23. The van der Waals surface area contributed by atoms with Crippen LogP contribution in [0.4, 0.5) is 5.69 Å². The molecule has 0 aliphatic rings. The van der Waals surface area contributed by atoms with Gasteiger partial charge >= 0.3 is 0 Å².